The van der Waals surface area contributed by atoms with Crippen LogP contribution >= 0.6 is 12.4 Å². The topological polar surface area (TPSA) is 59.2 Å². The first-order valence-corrected chi connectivity index (χ1v) is 7.21. The third-order valence-electron chi connectivity index (χ3n) is 3.92. The van der Waals surface area contributed by atoms with Crippen LogP contribution in [0.2, 0.25) is 0 Å². The number of amides is 1. The van der Waals surface area contributed by atoms with E-state index in [-0.39, 0.29) is 25.0 Å². The van der Waals surface area contributed by atoms with Crippen LogP contribution in [0.1, 0.15) is 25.0 Å². The van der Waals surface area contributed by atoms with Gasteiger partial charge in [-0.25, -0.2) is 0 Å². The zero-order chi connectivity index (χ0) is 14.4. The smallest absolute Gasteiger partial charge is 0.239 e. The number of hydrogen-bond donors (Lipinski definition) is 1. The van der Waals surface area contributed by atoms with Crippen molar-refractivity contribution in [1.29, 1.82) is 0 Å². The van der Waals surface area contributed by atoms with Crippen LogP contribution in [0.25, 0.3) is 0 Å². The molecule has 1 aliphatic rings. The molecule has 2 rings (SSSR count). The van der Waals surface area contributed by atoms with Gasteiger partial charge in [0, 0.05) is 31.4 Å². The fourth-order valence-electron chi connectivity index (χ4n) is 2.66. The molecule has 1 atom stereocenters. The van der Waals surface area contributed by atoms with Crippen molar-refractivity contribution in [2.75, 3.05) is 19.8 Å². The molecule has 4 nitrogen and oxygen atoms in total. The molecule has 0 aliphatic carbocycles. The Morgan fingerprint density at radius 2 is 2.14 bits per heavy atom. The lowest BCUT2D eigenvalue weighted by atomic mass is 9.93. The van der Waals surface area contributed by atoms with Gasteiger partial charge >= 0.3 is 0 Å². The number of aromatic nitrogens is 1. The molecule has 0 radical (unpaired) electrons. The number of hydrogen-bond acceptors (Lipinski definition) is 3. The second-order valence-corrected chi connectivity index (χ2v) is 5.38. The highest BCUT2D eigenvalue weighted by molar-refractivity contribution is 5.85. The summed E-state index contributed by atoms with van der Waals surface area (Å²) in [5.41, 5.74) is 6.82. The summed E-state index contributed by atoms with van der Waals surface area (Å²) in [7, 11) is 0. The Balaban J connectivity index is 0.00000220. The molecule has 0 unspecified atom stereocenters. The number of likely N-dealkylation sites (tertiary alicyclic amines) is 1. The highest BCUT2D eigenvalue weighted by Gasteiger charge is 2.26. The van der Waals surface area contributed by atoms with Gasteiger partial charge in [-0.2, -0.15) is 0 Å². The van der Waals surface area contributed by atoms with Gasteiger partial charge in [0.15, 0.2) is 0 Å². The fourth-order valence-corrected chi connectivity index (χ4v) is 2.66. The summed E-state index contributed by atoms with van der Waals surface area (Å²) in [6.07, 6.45) is 4.54. The largest absolute Gasteiger partial charge is 0.341 e. The van der Waals surface area contributed by atoms with E-state index in [1.54, 1.807) is 6.20 Å². The van der Waals surface area contributed by atoms with Crippen molar-refractivity contribution in [2.45, 2.75) is 31.7 Å². The average molecular weight is 316 g/mol. The number of pyridine rings is 1. The van der Waals surface area contributed by atoms with Crippen molar-refractivity contribution in [2.24, 2.45) is 11.7 Å². The molecule has 1 aromatic rings. The maximum atomic E-state index is 12.3. The molecule has 1 fully saturated rings. The Morgan fingerprint density at radius 1 is 1.43 bits per heavy atom. The van der Waals surface area contributed by atoms with Crippen LogP contribution in [0.4, 0.5) is 4.39 Å². The summed E-state index contributed by atoms with van der Waals surface area (Å²) in [5, 5.41) is 0. The van der Waals surface area contributed by atoms with Crippen LogP contribution in [-0.4, -0.2) is 41.6 Å². The van der Waals surface area contributed by atoms with Gasteiger partial charge in [0.1, 0.15) is 0 Å². The monoisotopic (exact) mass is 315 g/mol. The highest BCUT2D eigenvalue weighted by Crippen LogP contribution is 2.21. The molecule has 6 heteroatoms. The van der Waals surface area contributed by atoms with E-state index < -0.39 is 6.04 Å². The number of nitrogens with two attached hydrogens (primary N) is 1. The van der Waals surface area contributed by atoms with E-state index in [0.29, 0.717) is 31.8 Å². The lowest BCUT2D eigenvalue weighted by Crippen LogP contribution is -2.48. The molecule has 21 heavy (non-hydrogen) atoms. The van der Waals surface area contributed by atoms with Gasteiger partial charge in [-0.1, -0.05) is 6.07 Å². The van der Waals surface area contributed by atoms with Gasteiger partial charge in [-0.15, -0.1) is 12.4 Å². The van der Waals surface area contributed by atoms with Crippen LogP contribution in [0.3, 0.4) is 0 Å². The fraction of sp³-hybridized carbons (Fsp3) is 0.600. The summed E-state index contributed by atoms with van der Waals surface area (Å²) < 4.78 is 12.3. The third-order valence-corrected chi connectivity index (χ3v) is 3.92. The van der Waals surface area contributed by atoms with Crippen molar-refractivity contribution in [3.8, 4) is 0 Å². The van der Waals surface area contributed by atoms with Crippen molar-refractivity contribution in [3.05, 3.63) is 30.1 Å². The molecule has 2 heterocycles. The van der Waals surface area contributed by atoms with Crippen LogP contribution < -0.4 is 5.73 Å². The molecule has 1 aliphatic heterocycles. The molecule has 0 spiro atoms. The molecule has 1 saturated heterocycles. The van der Waals surface area contributed by atoms with E-state index in [1.165, 1.54) is 0 Å². The van der Waals surface area contributed by atoms with Crippen LogP contribution in [0, 0.1) is 5.92 Å². The van der Waals surface area contributed by atoms with E-state index in [1.807, 2.05) is 23.1 Å². The second kappa shape index (κ2) is 8.95. The van der Waals surface area contributed by atoms with Gasteiger partial charge in [-0.3, -0.25) is 14.2 Å². The minimum atomic E-state index is -0.539. The SMILES string of the molecule is Cl.N[C@@H](Cc1ccccn1)C(=O)N1CCC(CCF)CC1. The van der Waals surface area contributed by atoms with Crippen molar-refractivity contribution in [3.63, 3.8) is 0 Å². The van der Waals surface area contributed by atoms with Crippen LogP contribution in [0.15, 0.2) is 24.4 Å². The number of rotatable bonds is 5. The third kappa shape index (κ3) is 5.25. The first kappa shape index (κ1) is 17.9. The summed E-state index contributed by atoms with van der Waals surface area (Å²) in [6, 6.07) is 5.07. The molecule has 0 saturated carbocycles. The molecular weight excluding hydrogens is 293 g/mol. The maximum Gasteiger partial charge on any atom is 0.239 e. The van der Waals surface area contributed by atoms with Crippen molar-refractivity contribution in [1.82, 2.24) is 9.88 Å². The van der Waals surface area contributed by atoms with E-state index in [9.17, 15) is 9.18 Å². The van der Waals surface area contributed by atoms with Gasteiger partial charge in [-0.05, 0) is 37.3 Å². The summed E-state index contributed by atoms with van der Waals surface area (Å²) in [4.78, 5) is 18.3. The molecule has 0 bridgehead atoms. The quantitative estimate of drug-likeness (QED) is 0.903. The van der Waals surface area contributed by atoms with E-state index >= 15 is 0 Å². The first-order chi connectivity index (χ1) is 9.70. The number of alkyl halides is 1. The molecular formula is C15H23ClFN3O. The van der Waals surface area contributed by atoms with E-state index in [0.717, 1.165) is 18.5 Å². The molecule has 0 aromatic carbocycles. The normalized spacial score (nSPS) is 17.1. The van der Waals surface area contributed by atoms with Crippen molar-refractivity contribution < 1.29 is 9.18 Å². The Labute approximate surface area is 131 Å². The van der Waals surface area contributed by atoms with Gasteiger partial charge in [0.05, 0.1) is 12.7 Å². The van der Waals surface area contributed by atoms with E-state index in [2.05, 4.69) is 4.98 Å². The Morgan fingerprint density at radius 3 is 2.71 bits per heavy atom. The Bertz CT molecular complexity index is 424. The molecule has 1 aromatic heterocycles. The predicted octanol–water partition coefficient (Wildman–Crippen LogP) is 1.97. The number of halogens is 2. The molecule has 1 amide bonds. The van der Waals surface area contributed by atoms with Crippen molar-refractivity contribution >= 4 is 18.3 Å². The van der Waals surface area contributed by atoms with Gasteiger partial charge in [0.25, 0.3) is 0 Å². The predicted molar refractivity (Wildman–Crippen MR) is 83.1 cm³/mol. The number of carbonyl (C=O) groups excluding carboxylic acids is 1. The second-order valence-electron chi connectivity index (χ2n) is 5.38. The number of carbonyl (C=O) groups is 1. The van der Waals surface area contributed by atoms with Gasteiger partial charge in [0.2, 0.25) is 5.91 Å². The first-order valence-electron chi connectivity index (χ1n) is 7.21. The minimum Gasteiger partial charge on any atom is -0.341 e. The van der Waals surface area contributed by atoms with Crippen LogP contribution in [0.5, 0.6) is 0 Å². The summed E-state index contributed by atoms with van der Waals surface area (Å²) in [5.74, 6) is 0.394. The molecule has 118 valence electrons. The maximum absolute atomic E-state index is 12.3. The minimum absolute atomic E-state index is 0. The molecule has 2 N–H and O–H groups in total. The number of piperidine rings is 1. The van der Waals surface area contributed by atoms with E-state index in [4.69, 9.17) is 5.73 Å². The van der Waals surface area contributed by atoms with Crippen LogP contribution in [-0.2, 0) is 11.2 Å². The highest BCUT2D eigenvalue weighted by atomic mass is 35.5. The number of nitrogens with zero attached hydrogens (tertiary/aromatic N) is 2. The standard InChI is InChI=1S/C15H22FN3O.ClH/c16-7-4-12-5-9-19(10-6-12)15(20)14(17)11-13-3-1-2-8-18-13;/h1-3,8,12,14H,4-7,9-11,17H2;1H/t14-;/m0./s1. The Kier molecular flexibility index (Phi) is 7.61. The zero-order valence-electron chi connectivity index (χ0n) is 12.1. The lowest BCUT2D eigenvalue weighted by Gasteiger charge is -2.33. The Hall–Kier alpha value is -1.20. The van der Waals surface area contributed by atoms with Gasteiger partial charge < -0.3 is 10.6 Å². The zero-order valence-corrected chi connectivity index (χ0v) is 12.9. The summed E-state index contributed by atoms with van der Waals surface area (Å²) in [6.45, 7) is 1.12. The average Bonchev–Trinajstić information content (AvgIpc) is 2.48. The summed E-state index contributed by atoms with van der Waals surface area (Å²) >= 11 is 0. The lowest BCUT2D eigenvalue weighted by molar-refractivity contribution is -0.134.